The molecule has 1 aliphatic carbocycles. The summed E-state index contributed by atoms with van der Waals surface area (Å²) in [5, 5.41) is 22.4. The van der Waals surface area contributed by atoms with Crippen molar-refractivity contribution in [2.45, 2.75) is 68.9 Å². The van der Waals surface area contributed by atoms with Crippen molar-refractivity contribution >= 4 is 17.8 Å². The number of cyclic esters (lactones) is 1. The minimum Gasteiger partial charge on any atom is -0.452 e. The number of aliphatic hydroxyl groups excluding tert-OH is 2. The molecular formula is C33H36N2O6. The topological polar surface area (TPSA) is 130 Å². The molecule has 3 aromatic rings. The van der Waals surface area contributed by atoms with Gasteiger partial charge in [0.1, 0.15) is 0 Å². The fraction of sp³-hybridized carbons (Fsp3) is 0.364. The van der Waals surface area contributed by atoms with Crippen LogP contribution in [0.3, 0.4) is 0 Å². The third-order valence-corrected chi connectivity index (χ3v) is 8.09. The predicted molar refractivity (Wildman–Crippen MR) is 152 cm³/mol. The second-order valence-electron chi connectivity index (χ2n) is 11.0. The van der Waals surface area contributed by atoms with Gasteiger partial charge in [0.15, 0.2) is 6.10 Å². The molecule has 1 saturated heterocycles. The van der Waals surface area contributed by atoms with Crippen LogP contribution in [0.2, 0.25) is 0 Å². The summed E-state index contributed by atoms with van der Waals surface area (Å²) in [6.07, 6.45) is -1.92. The summed E-state index contributed by atoms with van der Waals surface area (Å²) in [5.74, 6) is -2.50. The van der Waals surface area contributed by atoms with Crippen LogP contribution in [0, 0.1) is 5.92 Å². The first kappa shape index (κ1) is 28.7. The van der Waals surface area contributed by atoms with Gasteiger partial charge in [-0.2, -0.15) is 0 Å². The van der Waals surface area contributed by atoms with Crippen LogP contribution in [0.5, 0.6) is 0 Å². The molecule has 1 heterocycles. The number of rotatable bonds is 10. The molecule has 8 heteroatoms. The van der Waals surface area contributed by atoms with Crippen molar-refractivity contribution in [3.8, 4) is 0 Å². The van der Waals surface area contributed by atoms with E-state index >= 15 is 0 Å². The summed E-state index contributed by atoms with van der Waals surface area (Å²) >= 11 is 0. The molecule has 1 fully saturated rings. The molecular weight excluding hydrogens is 520 g/mol. The molecule has 6 atom stereocenters. The van der Waals surface area contributed by atoms with E-state index in [0.717, 1.165) is 21.6 Å². The van der Waals surface area contributed by atoms with Crippen LogP contribution in [0.1, 0.15) is 47.6 Å². The molecule has 2 amide bonds. The Balaban J connectivity index is 1.47. The molecule has 5 rings (SSSR count). The molecule has 41 heavy (non-hydrogen) atoms. The number of carbonyl (C=O) groups is 3. The van der Waals surface area contributed by atoms with Crippen LogP contribution in [0.25, 0.3) is 0 Å². The maximum atomic E-state index is 14.5. The van der Waals surface area contributed by atoms with Gasteiger partial charge < -0.3 is 20.7 Å². The molecule has 4 N–H and O–H groups in total. The minimum absolute atomic E-state index is 0.0143. The fourth-order valence-electron chi connectivity index (χ4n) is 5.96. The van der Waals surface area contributed by atoms with E-state index < -0.39 is 54.1 Å². The normalized spacial score (nSPS) is 21.9. The first-order valence-electron chi connectivity index (χ1n) is 14.2. The lowest BCUT2D eigenvalue weighted by atomic mass is 9.87. The molecule has 0 aromatic heterocycles. The Morgan fingerprint density at radius 3 is 2.17 bits per heavy atom. The maximum absolute atomic E-state index is 14.5. The Labute approximate surface area is 239 Å². The lowest BCUT2D eigenvalue weighted by Crippen LogP contribution is -2.51. The summed E-state index contributed by atoms with van der Waals surface area (Å²) in [6.45, 7) is 0. The van der Waals surface area contributed by atoms with Crippen molar-refractivity contribution in [1.82, 2.24) is 4.90 Å². The van der Waals surface area contributed by atoms with E-state index in [9.17, 15) is 24.6 Å². The molecule has 2 aliphatic rings. The second-order valence-corrected chi connectivity index (χ2v) is 11.0. The SMILES string of the molecule is NC(Cc1ccccc1)C(O)CC(Cc1ccccc1)C(=O)N(C(=O)[C@@H]1CCC(=O)O1)[C@H]1c2ccccc2C[C@@H]1O. The van der Waals surface area contributed by atoms with Crippen LogP contribution >= 0.6 is 0 Å². The predicted octanol–water partition coefficient (Wildman–Crippen LogP) is 2.89. The number of imide groups is 1. The van der Waals surface area contributed by atoms with Gasteiger partial charge in [0, 0.05) is 31.2 Å². The van der Waals surface area contributed by atoms with Crippen molar-refractivity contribution in [2.24, 2.45) is 11.7 Å². The number of hydrogen-bond acceptors (Lipinski definition) is 7. The standard InChI is InChI=1S/C33H36N2O6/c34-26(18-22-11-5-2-6-12-22)27(36)20-24(17-21-9-3-1-4-10-21)32(39)35(33(40)29-15-16-30(38)41-29)31-25-14-8-7-13-23(25)19-28(31)37/h1-14,24,26-29,31,36-37H,15-20,34H2/t24?,26?,27?,28-,29-,31-/m0/s1. The van der Waals surface area contributed by atoms with E-state index in [1.54, 1.807) is 12.1 Å². The number of nitrogens with zero attached hydrogens (tertiary/aromatic N) is 1. The Bertz CT molecular complexity index is 1360. The molecule has 1 aliphatic heterocycles. The molecule has 8 nitrogen and oxygen atoms in total. The third kappa shape index (κ3) is 6.56. The average Bonchev–Trinajstić information content (AvgIpc) is 3.56. The van der Waals surface area contributed by atoms with Crippen molar-refractivity contribution in [3.63, 3.8) is 0 Å². The summed E-state index contributed by atoms with van der Waals surface area (Å²) in [5.41, 5.74) is 9.78. The smallest absolute Gasteiger partial charge is 0.306 e. The van der Waals surface area contributed by atoms with Crippen LogP contribution in [0.4, 0.5) is 0 Å². The van der Waals surface area contributed by atoms with E-state index in [0.29, 0.717) is 12.0 Å². The first-order valence-corrected chi connectivity index (χ1v) is 14.2. The van der Waals surface area contributed by atoms with Crippen molar-refractivity contribution in [3.05, 3.63) is 107 Å². The quantitative estimate of drug-likeness (QED) is 0.328. The van der Waals surface area contributed by atoms with Crippen LogP contribution in [-0.4, -0.2) is 57.3 Å². The number of hydrogen-bond donors (Lipinski definition) is 3. The van der Waals surface area contributed by atoms with E-state index in [-0.39, 0.29) is 32.1 Å². The lowest BCUT2D eigenvalue weighted by molar-refractivity contribution is -0.164. The van der Waals surface area contributed by atoms with Crippen molar-refractivity contribution in [2.75, 3.05) is 0 Å². The summed E-state index contributed by atoms with van der Waals surface area (Å²) in [4.78, 5) is 41.4. The molecule has 0 radical (unpaired) electrons. The number of aliphatic hydroxyl groups is 2. The number of fused-ring (bicyclic) bond motifs is 1. The zero-order valence-corrected chi connectivity index (χ0v) is 22.8. The van der Waals surface area contributed by atoms with E-state index in [1.807, 2.05) is 72.8 Å². The zero-order valence-electron chi connectivity index (χ0n) is 22.8. The number of carbonyl (C=O) groups excluding carboxylic acids is 3. The van der Waals surface area contributed by atoms with Crippen LogP contribution < -0.4 is 5.73 Å². The van der Waals surface area contributed by atoms with Gasteiger partial charge in [-0.15, -0.1) is 0 Å². The van der Waals surface area contributed by atoms with Crippen LogP contribution in [0.15, 0.2) is 84.9 Å². The van der Waals surface area contributed by atoms with Crippen molar-refractivity contribution < 1.29 is 29.3 Å². The molecule has 0 spiro atoms. The summed E-state index contributed by atoms with van der Waals surface area (Å²) in [7, 11) is 0. The molecule has 3 unspecified atom stereocenters. The highest BCUT2D eigenvalue weighted by Gasteiger charge is 2.46. The Hall–Kier alpha value is -3.85. The van der Waals surface area contributed by atoms with Gasteiger partial charge in [-0.25, -0.2) is 0 Å². The fourth-order valence-corrected chi connectivity index (χ4v) is 5.96. The maximum Gasteiger partial charge on any atom is 0.306 e. The van der Waals surface area contributed by atoms with Crippen LogP contribution in [-0.2, 0) is 38.4 Å². The van der Waals surface area contributed by atoms with Gasteiger partial charge in [0.2, 0.25) is 5.91 Å². The molecule has 0 bridgehead atoms. The molecule has 3 aromatic carbocycles. The van der Waals surface area contributed by atoms with Gasteiger partial charge >= 0.3 is 5.97 Å². The largest absolute Gasteiger partial charge is 0.452 e. The monoisotopic (exact) mass is 556 g/mol. The van der Waals surface area contributed by atoms with E-state index in [1.165, 1.54) is 0 Å². The highest BCUT2D eigenvalue weighted by atomic mass is 16.6. The van der Waals surface area contributed by atoms with E-state index in [4.69, 9.17) is 10.5 Å². The Morgan fingerprint density at radius 1 is 0.927 bits per heavy atom. The number of esters is 1. The highest BCUT2D eigenvalue weighted by molar-refractivity contribution is 6.00. The van der Waals surface area contributed by atoms with Gasteiger partial charge in [-0.05, 0) is 41.5 Å². The summed E-state index contributed by atoms with van der Waals surface area (Å²) < 4.78 is 5.29. The lowest BCUT2D eigenvalue weighted by Gasteiger charge is -2.35. The van der Waals surface area contributed by atoms with E-state index in [2.05, 4.69) is 0 Å². The minimum atomic E-state index is -1.10. The molecule has 0 saturated carbocycles. The summed E-state index contributed by atoms with van der Waals surface area (Å²) in [6, 6.07) is 24.7. The highest BCUT2D eigenvalue weighted by Crippen LogP contribution is 2.39. The van der Waals surface area contributed by atoms with Gasteiger partial charge in [0.25, 0.3) is 5.91 Å². The Morgan fingerprint density at radius 2 is 1.54 bits per heavy atom. The number of nitrogens with two attached hydrogens (primary N) is 1. The van der Waals surface area contributed by atoms with Gasteiger partial charge in [0.05, 0.1) is 18.2 Å². The third-order valence-electron chi connectivity index (χ3n) is 8.09. The Kier molecular flexibility index (Phi) is 8.93. The second kappa shape index (κ2) is 12.8. The number of benzene rings is 3. The van der Waals surface area contributed by atoms with Gasteiger partial charge in [-0.3, -0.25) is 19.3 Å². The number of ether oxygens (including phenoxy) is 1. The zero-order chi connectivity index (χ0) is 28.9. The van der Waals surface area contributed by atoms with Crippen molar-refractivity contribution in [1.29, 1.82) is 0 Å². The average molecular weight is 557 g/mol. The van der Waals surface area contributed by atoms with Gasteiger partial charge in [-0.1, -0.05) is 84.9 Å². The first-order chi connectivity index (χ1) is 19.8. The number of amides is 2. The molecule has 214 valence electrons.